The predicted molar refractivity (Wildman–Crippen MR) is 53.4 cm³/mol. The van der Waals surface area contributed by atoms with E-state index in [4.69, 9.17) is 14.2 Å². The van der Waals surface area contributed by atoms with Crippen LogP contribution in [0.5, 0.6) is 17.2 Å². The van der Waals surface area contributed by atoms with Gasteiger partial charge in [-0.25, -0.2) is 0 Å². The largest absolute Gasteiger partial charge is 0.496 e. The van der Waals surface area contributed by atoms with Gasteiger partial charge in [-0.3, -0.25) is 0 Å². The summed E-state index contributed by atoms with van der Waals surface area (Å²) in [6, 6.07) is 3.82. The van der Waals surface area contributed by atoms with Crippen LogP contribution < -0.4 is 14.2 Å². The normalized spacial score (nSPS) is 13.9. The molecule has 0 saturated carbocycles. The van der Waals surface area contributed by atoms with E-state index in [1.807, 2.05) is 12.1 Å². The molecule has 1 aromatic rings. The lowest BCUT2D eigenvalue weighted by molar-refractivity contribution is 0.169. The Balaban J connectivity index is 2.50. The smallest absolute Gasteiger partial charge is 0.168 e. The van der Waals surface area contributed by atoms with Crippen LogP contribution in [0, 0.1) is 0 Å². The number of methoxy groups -OCH3 is 1. The fourth-order valence-electron chi connectivity index (χ4n) is 1.68. The molecule has 0 radical (unpaired) electrons. The van der Waals surface area contributed by atoms with E-state index in [1.54, 1.807) is 7.11 Å². The summed E-state index contributed by atoms with van der Waals surface area (Å²) in [5, 5.41) is 0. The fourth-order valence-corrected chi connectivity index (χ4v) is 1.68. The Morgan fingerprint density at radius 3 is 2.79 bits per heavy atom. The number of hydrogen-bond acceptors (Lipinski definition) is 3. The second kappa shape index (κ2) is 3.78. The van der Waals surface area contributed by atoms with E-state index < -0.39 is 0 Å². The SMILES string of the molecule is CCc1c(OC)ccc2c1OCCO2. The number of ether oxygens (including phenoxy) is 3. The summed E-state index contributed by atoms with van der Waals surface area (Å²) in [6.45, 7) is 3.33. The van der Waals surface area contributed by atoms with Crippen LogP contribution >= 0.6 is 0 Å². The second-order valence-corrected chi connectivity index (χ2v) is 3.12. The van der Waals surface area contributed by atoms with Crippen LogP contribution in [0.2, 0.25) is 0 Å². The zero-order valence-electron chi connectivity index (χ0n) is 8.50. The third-order valence-electron chi connectivity index (χ3n) is 2.34. The summed E-state index contributed by atoms with van der Waals surface area (Å²) in [5.74, 6) is 2.55. The van der Waals surface area contributed by atoms with E-state index >= 15 is 0 Å². The van der Waals surface area contributed by atoms with Crippen LogP contribution in [-0.2, 0) is 6.42 Å². The summed E-state index contributed by atoms with van der Waals surface area (Å²) in [6.07, 6.45) is 0.885. The monoisotopic (exact) mass is 194 g/mol. The maximum atomic E-state index is 5.58. The lowest BCUT2D eigenvalue weighted by Gasteiger charge is -2.22. The molecule has 0 atom stereocenters. The third-order valence-corrected chi connectivity index (χ3v) is 2.34. The van der Waals surface area contributed by atoms with Crippen LogP contribution in [0.15, 0.2) is 12.1 Å². The Morgan fingerprint density at radius 2 is 2.07 bits per heavy atom. The Bertz CT molecular complexity index is 319. The molecule has 1 aliphatic rings. The highest BCUT2D eigenvalue weighted by atomic mass is 16.6. The van der Waals surface area contributed by atoms with Crippen molar-refractivity contribution >= 4 is 0 Å². The molecule has 76 valence electrons. The van der Waals surface area contributed by atoms with Crippen molar-refractivity contribution in [1.29, 1.82) is 0 Å². The highest BCUT2D eigenvalue weighted by molar-refractivity contribution is 5.54. The summed E-state index contributed by atoms with van der Waals surface area (Å²) in [7, 11) is 1.67. The van der Waals surface area contributed by atoms with Gasteiger partial charge in [0, 0.05) is 5.56 Å². The van der Waals surface area contributed by atoms with Gasteiger partial charge in [0.1, 0.15) is 19.0 Å². The van der Waals surface area contributed by atoms with Gasteiger partial charge in [-0.05, 0) is 18.6 Å². The molecule has 0 unspecified atom stereocenters. The molecule has 14 heavy (non-hydrogen) atoms. The van der Waals surface area contributed by atoms with E-state index in [1.165, 1.54) is 0 Å². The lowest BCUT2D eigenvalue weighted by atomic mass is 10.1. The van der Waals surface area contributed by atoms with Gasteiger partial charge in [0.05, 0.1) is 7.11 Å². The lowest BCUT2D eigenvalue weighted by Crippen LogP contribution is -2.16. The van der Waals surface area contributed by atoms with E-state index in [2.05, 4.69) is 6.92 Å². The minimum atomic E-state index is 0.618. The Morgan fingerprint density at radius 1 is 1.29 bits per heavy atom. The van der Waals surface area contributed by atoms with Gasteiger partial charge in [-0.15, -0.1) is 0 Å². The van der Waals surface area contributed by atoms with Gasteiger partial charge in [0.25, 0.3) is 0 Å². The van der Waals surface area contributed by atoms with Gasteiger partial charge >= 0.3 is 0 Å². The molecule has 0 aromatic heterocycles. The van der Waals surface area contributed by atoms with Crippen molar-refractivity contribution in [1.82, 2.24) is 0 Å². The highest BCUT2D eigenvalue weighted by Crippen LogP contribution is 2.39. The zero-order valence-corrected chi connectivity index (χ0v) is 8.50. The molecule has 0 bridgehead atoms. The average Bonchev–Trinajstić information content (AvgIpc) is 2.27. The van der Waals surface area contributed by atoms with Crippen molar-refractivity contribution in [3.63, 3.8) is 0 Å². The summed E-state index contributed by atoms with van der Waals surface area (Å²) in [4.78, 5) is 0. The summed E-state index contributed by atoms with van der Waals surface area (Å²) in [5.41, 5.74) is 1.09. The van der Waals surface area contributed by atoms with Gasteiger partial charge in [0.2, 0.25) is 0 Å². The maximum Gasteiger partial charge on any atom is 0.168 e. The van der Waals surface area contributed by atoms with Crippen molar-refractivity contribution < 1.29 is 14.2 Å². The number of hydrogen-bond donors (Lipinski definition) is 0. The maximum absolute atomic E-state index is 5.58. The summed E-state index contributed by atoms with van der Waals surface area (Å²) < 4.78 is 16.3. The van der Waals surface area contributed by atoms with Gasteiger partial charge < -0.3 is 14.2 Å². The Hall–Kier alpha value is -1.38. The van der Waals surface area contributed by atoms with Gasteiger partial charge in [-0.2, -0.15) is 0 Å². The van der Waals surface area contributed by atoms with Crippen molar-refractivity contribution in [2.45, 2.75) is 13.3 Å². The average molecular weight is 194 g/mol. The molecule has 3 nitrogen and oxygen atoms in total. The van der Waals surface area contributed by atoms with Crippen LogP contribution in [-0.4, -0.2) is 20.3 Å². The van der Waals surface area contributed by atoms with Gasteiger partial charge in [0.15, 0.2) is 11.5 Å². The highest BCUT2D eigenvalue weighted by Gasteiger charge is 2.18. The van der Waals surface area contributed by atoms with Gasteiger partial charge in [-0.1, -0.05) is 6.92 Å². The van der Waals surface area contributed by atoms with E-state index in [0.29, 0.717) is 13.2 Å². The van der Waals surface area contributed by atoms with E-state index in [0.717, 1.165) is 29.2 Å². The van der Waals surface area contributed by atoms with Crippen LogP contribution in [0.3, 0.4) is 0 Å². The summed E-state index contributed by atoms with van der Waals surface area (Å²) >= 11 is 0. The second-order valence-electron chi connectivity index (χ2n) is 3.12. The van der Waals surface area contributed by atoms with E-state index in [-0.39, 0.29) is 0 Å². The molecule has 0 saturated heterocycles. The molecular formula is C11H14O3. The molecule has 0 N–H and O–H groups in total. The topological polar surface area (TPSA) is 27.7 Å². The first-order chi connectivity index (χ1) is 6.86. The quantitative estimate of drug-likeness (QED) is 0.721. The molecular weight excluding hydrogens is 180 g/mol. The fraction of sp³-hybridized carbons (Fsp3) is 0.455. The molecule has 3 heteroatoms. The molecule has 1 aromatic carbocycles. The minimum absolute atomic E-state index is 0.618. The van der Waals surface area contributed by atoms with Crippen molar-refractivity contribution in [2.75, 3.05) is 20.3 Å². The molecule has 1 heterocycles. The van der Waals surface area contributed by atoms with Crippen LogP contribution in [0.4, 0.5) is 0 Å². The molecule has 0 aliphatic carbocycles. The molecule has 0 fully saturated rings. The third kappa shape index (κ3) is 1.39. The minimum Gasteiger partial charge on any atom is -0.496 e. The molecule has 0 spiro atoms. The van der Waals surface area contributed by atoms with Crippen molar-refractivity contribution in [2.24, 2.45) is 0 Å². The Kier molecular flexibility index (Phi) is 2.48. The van der Waals surface area contributed by atoms with Crippen LogP contribution in [0.25, 0.3) is 0 Å². The number of rotatable bonds is 2. The Labute approximate surface area is 83.6 Å². The molecule has 2 rings (SSSR count). The number of benzene rings is 1. The van der Waals surface area contributed by atoms with E-state index in [9.17, 15) is 0 Å². The molecule has 1 aliphatic heterocycles. The predicted octanol–water partition coefficient (Wildman–Crippen LogP) is 2.03. The zero-order chi connectivity index (χ0) is 9.97. The van der Waals surface area contributed by atoms with Crippen LogP contribution in [0.1, 0.15) is 12.5 Å². The molecule has 0 amide bonds. The first-order valence-electron chi connectivity index (χ1n) is 4.82. The van der Waals surface area contributed by atoms with Crippen molar-refractivity contribution in [3.05, 3.63) is 17.7 Å². The number of fused-ring (bicyclic) bond motifs is 1. The van der Waals surface area contributed by atoms with Crippen molar-refractivity contribution in [3.8, 4) is 17.2 Å². The first-order valence-corrected chi connectivity index (χ1v) is 4.82. The standard InChI is InChI=1S/C11H14O3/c1-3-8-9(12-2)4-5-10-11(8)14-7-6-13-10/h4-5H,3,6-7H2,1-2H3. The first kappa shape index (κ1) is 9.19.